The van der Waals surface area contributed by atoms with Crippen LogP contribution in [0.4, 0.5) is 18.0 Å². The van der Waals surface area contributed by atoms with Crippen LogP contribution in [0, 0.1) is 0 Å². The number of ether oxygens (including phenoxy) is 1. The number of carbonyl (C=O) groups is 3. The van der Waals surface area contributed by atoms with E-state index in [4.69, 9.17) is 14.6 Å². The van der Waals surface area contributed by atoms with Gasteiger partial charge in [0.2, 0.25) is 0 Å². The van der Waals surface area contributed by atoms with Gasteiger partial charge >= 0.3 is 18.2 Å². The van der Waals surface area contributed by atoms with Crippen molar-refractivity contribution in [1.29, 1.82) is 0 Å². The number of hydrogen-bond donors (Lipinski definition) is 3. The topological polar surface area (TPSA) is 126 Å². The Balaban J connectivity index is 0.000000493. The van der Waals surface area contributed by atoms with E-state index in [0.717, 1.165) is 45.5 Å². The highest BCUT2D eigenvalue weighted by Crippen LogP contribution is 2.25. The Morgan fingerprint density at radius 2 is 1.80 bits per heavy atom. The number of hydrogen-bond acceptors (Lipinski definition) is 5. The number of pyridine rings is 1. The Labute approximate surface area is 232 Å². The number of nitrogens with one attached hydrogen (secondary N) is 2. The number of nitrogens with zero attached hydrogens (tertiary/aromatic N) is 2. The van der Waals surface area contributed by atoms with Crippen LogP contribution in [0.3, 0.4) is 0 Å². The maximum atomic E-state index is 12.5. The molecule has 0 atom stereocenters. The van der Waals surface area contributed by atoms with Gasteiger partial charge in [0, 0.05) is 47.7 Å². The summed E-state index contributed by atoms with van der Waals surface area (Å²) >= 11 is 0. The quantitative estimate of drug-likeness (QED) is 0.282. The molecule has 5 rings (SSSR count). The number of rotatable bonds is 3. The highest BCUT2D eigenvalue weighted by Gasteiger charge is 2.38. The van der Waals surface area contributed by atoms with Crippen LogP contribution < -0.4 is 5.32 Å². The Hall–Kier alpha value is -4.87. The molecule has 1 aliphatic heterocycles. The first-order valence-electron chi connectivity index (χ1n) is 12.5. The number of aliphatic carboxylic acids is 1. The number of aromatic nitrogens is 3. The molecule has 3 N–H and O–H groups in total. The van der Waals surface area contributed by atoms with Crippen LogP contribution in [0.5, 0.6) is 0 Å². The monoisotopic (exact) mass is 568 g/mol. The van der Waals surface area contributed by atoms with Gasteiger partial charge in [-0.3, -0.25) is 14.3 Å². The third-order valence-electron chi connectivity index (χ3n) is 5.89. The third-order valence-corrected chi connectivity index (χ3v) is 5.89. The number of carbonyl (C=O) groups excluding carboxylic acids is 2. The molecule has 1 amide bonds. The van der Waals surface area contributed by atoms with Crippen molar-refractivity contribution in [3.8, 4) is 11.3 Å². The number of alkyl halides is 3. The lowest BCUT2D eigenvalue weighted by molar-refractivity contribution is -0.192. The van der Waals surface area contributed by atoms with Crippen LogP contribution in [0.25, 0.3) is 34.3 Å². The zero-order chi connectivity index (χ0) is 29.9. The van der Waals surface area contributed by atoms with Crippen LogP contribution in [-0.2, 0) is 16.0 Å². The summed E-state index contributed by atoms with van der Waals surface area (Å²) < 4.78 is 38.7. The van der Waals surface area contributed by atoms with Gasteiger partial charge in [0.15, 0.2) is 0 Å². The van der Waals surface area contributed by atoms with Crippen LogP contribution in [0.1, 0.15) is 48.1 Å². The highest BCUT2D eigenvalue weighted by molar-refractivity contribution is 5.98. The minimum atomic E-state index is -5.08. The number of H-pyrrole nitrogens is 1. The van der Waals surface area contributed by atoms with Gasteiger partial charge in [-0.15, -0.1) is 0 Å². The van der Waals surface area contributed by atoms with E-state index in [-0.39, 0.29) is 5.91 Å². The Morgan fingerprint density at radius 3 is 2.46 bits per heavy atom. The number of halogens is 3. The van der Waals surface area contributed by atoms with Crippen molar-refractivity contribution in [2.24, 2.45) is 0 Å². The fourth-order valence-electron chi connectivity index (χ4n) is 4.07. The first-order chi connectivity index (χ1) is 19.2. The minimum absolute atomic E-state index is 0.0335. The highest BCUT2D eigenvalue weighted by atomic mass is 19.4. The van der Waals surface area contributed by atoms with E-state index < -0.39 is 23.8 Å². The number of benzene rings is 1. The molecule has 12 heteroatoms. The minimum Gasteiger partial charge on any atom is -0.475 e. The standard InChI is InChI=1S/C27H26N4O3.C2HF3O2/c1-27(2,3)34-26(33)31-13-10-19-14-17(5-7-24(19)31)4-6-20-15-18(8-11-28-20)23-16-21-22(30-23)9-12-29-25(21)32;3-2(4,5)1(6)7/h4-8,10-11,13-16,30H,9,12H2,1-3H3,(H,29,32);(H,6,7)/b6-4+;. The maximum Gasteiger partial charge on any atom is 0.490 e. The van der Waals surface area contributed by atoms with Gasteiger partial charge in [-0.2, -0.15) is 13.2 Å². The number of carboxylic acids is 1. The molecule has 0 saturated heterocycles. The second-order valence-electron chi connectivity index (χ2n) is 10.2. The van der Waals surface area contributed by atoms with Gasteiger partial charge in [-0.1, -0.05) is 12.1 Å². The SMILES string of the molecule is CC(C)(C)OC(=O)n1ccc2cc(/C=C/c3cc(-c4cc5c([nH]4)CCNC5=O)ccn3)ccc21.O=C(O)C(F)(F)F. The summed E-state index contributed by atoms with van der Waals surface area (Å²) in [6, 6.07) is 13.6. The third kappa shape index (κ3) is 7.21. The molecule has 0 aliphatic carbocycles. The van der Waals surface area contributed by atoms with Gasteiger partial charge in [0.1, 0.15) is 5.60 Å². The summed E-state index contributed by atoms with van der Waals surface area (Å²) in [5, 5.41) is 10.9. The summed E-state index contributed by atoms with van der Waals surface area (Å²) in [5.41, 5.74) is 5.61. The van der Waals surface area contributed by atoms with E-state index in [1.807, 2.05) is 75.4 Å². The zero-order valence-electron chi connectivity index (χ0n) is 22.4. The average molecular weight is 569 g/mol. The summed E-state index contributed by atoms with van der Waals surface area (Å²) in [6.07, 6.45) is 2.76. The number of amides is 1. The molecular formula is C29H27F3N4O5. The van der Waals surface area contributed by atoms with Crippen molar-refractivity contribution in [1.82, 2.24) is 19.9 Å². The van der Waals surface area contributed by atoms with E-state index in [2.05, 4.69) is 15.3 Å². The van der Waals surface area contributed by atoms with Crippen LogP contribution >= 0.6 is 0 Å². The molecule has 0 spiro atoms. The molecule has 3 aromatic heterocycles. The number of carboxylic acid groups (broad SMARTS) is 1. The predicted molar refractivity (Wildman–Crippen MR) is 146 cm³/mol. The second-order valence-corrected chi connectivity index (χ2v) is 10.2. The van der Waals surface area contributed by atoms with Gasteiger partial charge in [0.05, 0.1) is 16.8 Å². The molecule has 0 unspecified atom stereocenters. The molecule has 0 bridgehead atoms. The van der Waals surface area contributed by atoms with E-state index in [9.17, 15) is 22.8 Å². The van der Waals surface area contributed by atoms with E-state index >= 15 is 0 Å². The molecule has 41 heavy (non-hydrogen) atoms. The molecule has 0 radical (unpaired) electrons. The second kappa shape index (κ2) is 11.3. The number of fused-ring (bicyclic) bond motifs is 2. The summed E-state index contributed by atoms with van der Waals surface area (Å²) in [7, 11) is 0. The lowest BCUT2D eigenvalue weighted by Gasteiger charge is -2.19. The van der Waals surface area contributed by atoms with Crippen molar-refractivity contribution in [3.63, 3.8) is 0 Å². The predicted octanol–water partition coefficient (Wildman–Crippen LogP) is 5.90. The van der Waals surface area contributed by atoms with Crippen LogP contribution in [0.2, 0.25) is 0 Å². The number of aromatic amines is 1. The van der Waals surface area contributed by atoms with E-state index in [1.54, 1.807) is 12.4 Å². The Kier molecular flexibility index (Phi) is 8.04. The van der Waals surface area contributed by atoms with Crippen molar-refractivity contribution in [3.05, 3.63) is 77.4 Å². The van der Waals surface area contributed by atoms with Gasteiger partial charge in [0.25, 0.3) is 5.91 Å². The first kappa shape index (κ1) is 29.1. The Morgan fingerprint density at radius 1 is 1.07 bits per heavy atom. The largest absolute Gasteiger partial charge is 0.490 e. The smallest absolute Gasteiger partial charge is 0.475 e. The average Bonchev–Trinajstić information content (AvgIpc) is 3.52. The molecule has 0 saturated carbocycles. The Bertz CT molecular complexity index is 1640. The van der Waals surface area contributed by atoms with E-state index in [0.29, 0.717) is 12.1 Å². The zero-order valence-corrected chi connectivity index (χ0v) is 22.4. The molecule has 1 aliphatic rings. The molecule has 4 heterocycles. The van der Waals surface area contributed by atoms with Crippen molar-refractivity contribution >= 4 is 41.0 Å². The summed E-state index contributed by atoms with van der Waals surface area (Å²) in [5.74, 6) is -2.79. The van der Waals surface area contributed by atoms with Gasteiger partial charge in [-0.05, 0) is 68.8 Å². The van der Waals surface area contributed by atoms with Crippen molar-refractivity contribution in [2.75, 3.05) is 6.54 Å². The maximum absolute atomic E-state index is 12.5. The lowest BCUT2D eigenvalue weighted by Crippen LogP contribution is -2.31. The van der Waals surface area contributed by atoms with Crippen LogP contribution in [-0.4, -0.2) is 55.9 Å². The molecule has 9 nitrogen and oxygen atoms in total. The molecule has 214 valence electrons. The van der Waals surface area contributed by atoms with Gasteiger partial charge in [-0.25, -0.2) is 9.59 Å². The molecule has 4 aromatic rings. The lowest BCUT2D eigenvalue weighted by atomic mass is 10.1. The molecule has 1 aromatic carbocycles. The van der Waals surface area contributed by atoms with E-state index in [1.165, 1.54) is 4.57 Å². The molecular weight excluding hydrogens is 541 g/mol. The van der Waals surface area contributed by atoms with Crippen molar-refractivity contribution < 1.29 is 37.4 Å². The summed E-state index contributed by atoms with van der Waals surface area (Å²) in [6.45, 7) is 6.21. The van der Waals surface area contributed by atoms with Gasteiger partial charge < -0.3 is 20.1 Å². The van der Waals surface area contributed by atoms with Crippen LogP contribution in [0.15, 0.2) is 54.9 Å². The van der Waals surface area contributed by atoms with Crippen molar-refractivity contribution in [2.45, 2.75) is 39.0 Å². The first-order valence-corrected chi connectivity index (χ1v) is 12.5. The molecule has 0 fully saturated rings. The summed E-state index contributed by atoms with van der Waals surface area (Å²) in [4.78, 5) is 41.2. The fourth-order valence-corrected chi connectivity index (χ4v) is 4.07. The normalized spacial score (nSPS) is 13.4. The fraction of sp³-hybridized carbons (Fsp3) is 0.241.